The third-order valence-corrected chi connectivity index (χ3v) is 5.93. The maximum atomic E-state index is 12.8. The summed E-state index contributed by atoms with van der Waals surface area (Å²) in [5.41, 5.74) is 5.16. The number of amides is 1. The number of fused-ring (bicyclic) bond motifs is 1. The topological polar surface area (TPSA) is 155 Å². The highest BCUT2D eigenvalue weighted by Crippen LogP contribution is 2.31. The van der Waals surface area contributed by atoms with Gasteiger partial charge in [-0.3, -0.25) is 9.52 Å². The first-order valence-electron chi connectivity index (χ1n) is 9.35. The van der Waals surface area contributed by atoms with Crippen molar-refractivity contribution in [2.24, 2.45) is 5.73 Å². The molecule has 4 N–H and O–H groups in total. The van der Waals surface area contributed by atoms with Crippen LogP contribution in [0, 0.1) is 0 Å². The Kier molecular flexibility index (Phi) is 6.95. The fraction of sp³-hybridized carbons (Fsp3) is 0.250. The summed E-state index contributed by atoms with van der Waals surface area (Å²) in [5.74, 6) is 0.245. The van der Waals surface area contributed by atoms with E-state index in [4.69, 9.17) is 19.9 Å². The molecule has 0 fully saturated rings. The maximum absolute atomic E-state index is 12.8. The zero-order valence-corrected chi connectivity index (χ0v) is 18.5. The van der Waals surface area contributed by atoms with Gasteiger partial charge < -0.3 is 25.3 Å². The van der Waals surface area contributed by atoms with Crippen molar-refractivity contribution in [1.82, 2.24) is 9.97 Å². The van der Waals surface area contributed by atoms with Crippen LogP contribution in [-0.2, 0) is 19.6 Å². The fourth-order valence-corrected chi connectivity index (χ4v) is 4.04. The molecule has 32 heavy (non-hydrogen) atoms. The second-order valence-corrected chi connectivity index (χ2v) is 8.44. The monoisotopic (exact) mass is 461 g/mol. The third-order valence-electron chi connectivity index (χ3n) is 4.40. The second-order valence-electron chi connectivity index (χ2n) is 6.62. The van der Waals surface area contributed by atoms with Gasteiger partial charge in [-0.15, -0.1) is 0 Å². The predicted octanol–water partition coefficient (Wildman–Crippen LogP) is 1.98. The van der Waals surface area contributed by atoms with Gasteiger partial charge in [-0.05, 0) is 12.1 Å². The smallest absolute Gasteiger partial charge is 0.261 e. The van der Waals surface area contributed by atoms with E-state index in [-0.39, 0.29) is 11.6 Å². The number of carbonyl (C=O) groups is 1. The van der Waals surface area contributed by atoms with Crippen LogP contribution in [0.5, 0.6) is 11.5 Å². The van der Waals surface area contributed by atoms with Gasteiger partial charge >= 0.3 is 0 Å². The van der Waals surface area contributed by atoms with E-state index in [1.807, 2.05) is 0 Å². The molecule has 0 aliphatic carbocycles. The van der Waals surface area contributed by atoms with Gasteiger partial charge in [0.1, 0.15) is 11.5 Å². The lowest BCUT2D eigenvalue weighted by atomic mass is 10.2. The van der Waals surface area contributed by atoms with Crippen LogP contribution < -0.4 is 25.2 Å². The largest absolute Gasteiger partial charge is 0.497 e. The van der Waals surface area contributed by atoms with Crippen LogP contribution in [0.4, 0.5) is 17.3 Å². The first-order valence-corrected chi connectivity index (χ1v) is 10.9. The zero-order chi connectivity index (χ0) is 23.3. The Hall–Kier alpha value is -3.64. The number of primary amides is 1. The van der Waals surface area contributed by atoms with Crippen molar-refractivity contribution in [3.8, 4) is 11.5 Å². The Morgan fingerprint density at radius 1 is 1.00 bits per heavy atom. The average molecular weight is 462 g/mol. The van der Waals surface area contributed by atoms with Crippen molar-refractivity contribution in [2.45, 2.75) is 11.9 Å². The highest BCUT2D eigenvalue weighted by atomic mass is 32.2. The number of ether oxygens (including phenoxy) is 3. The summed E-state index contributed by atoms with van der Waals surface area (Å²) < 4.78 is 43.5. The van der Waals surface area contributed by atoms with Gasteiger partial charge in [0, 0.05) is 31.0 Å². The van der Waals surface area contributed by atoms with E-state index in [2.05, 4.69) is 20.0 Å². The van der Waals surface area contributed by atoms with Crippen LogP contribution in [0.2, 0.25) is 0 Å². The summed E-state index contributed by atoms with van der Waals surface area (Å²) in [6.45, 7) is 0. The van der Waals surface area contributed by atoms with Gasteiger partial charge in [-0.1, -0.05) is 12.1 Å². The summed E-state index contributed by atoms with van der Waals surface area (Å²) in [6, 6.07) is 12.0. The number of anilines is 3. The normalized spacial score (nSPS) is 12.2. The zero-order valence-electron chi connectivity index (χ0n) is 17.7. The Bertz CT molecular complexity index is 1210. The minimum atomic E-state index is -4.19. The first-order chi connectivity index (χ1) is 15.2. The van der Waals surface area contributed by atoms with E-state index in [1.54, 1.807) is 42.5 Å². The first kappa shape index (κ1) is 23.0. The van der Waals surface area contributed by atoms with Crippen molar-refractivity contribution >= 4 is 44.3 Å². The molecule has 2 aromatic carbocycles. The molecule has 11 nitrogen and oxygen atoms in total. The number of benzene rings is 2. The second kappa shape index (κ2) is 9.66. The number of rotatable bonds is 10. The van der Waals surface area contributed by atoms with Crippen LogP contribution in [0.25, 0.3) is 11.0 Å². The van der Waals surface area contributed by atoms with E-state index < -0.39 is 27.8 Å². The van der Waals surface area contributed by atoms with Crippen LogP contribution in [0.1, 0.15) is 6.42 Å². The van der Waals surface area contributed by atoms with Gasteiger partial charge in [0.25, 0.3) is 10.0 Å². The van der Waals surface area contributed by atoms with E-state index in [0.717, 1.165) is 0 Å². The molecule has 1 heterocycles. The molecule has 0 aliphatic heterocycles. The standard InChI is InChI=1S/C20H23N5O6S/c1-29-13-8-12(9-14(10-13)30-2)22-19-20(24-16-7-5-4-6-15(16)23-19)25-32(27,28)18(31-3)11-17(21)26/h4-10,18H,11H2,1-3H3,(H2,21,26)(H,22,23)(H,24,25). The van der Waals surface area contributed by atoms with Gasteiger partial charge in [-0.25, -0.2) is 18.4 Å². The Balaban J connectivity index is 2.06. The van der Waals surface area contributed by atoms with Gasteiger partial charge in [0.05, 0.1) is 31.7 Å². The molecule has 0 radical (unpaired) electrons. The SMILES string of the molecule is COc1cc(Nc2nc3ccccc3nc2NS(=O)(=O)C(CC(N)=O)OC)cc(OC)c1. The third kappa shape index (κ3) is 5.34. The van der Waals surface area contributed by atoms with Crippen molar-refractivity contribution in [3.05, 3.63) is 42.5 Å². The summed E-state index contributed by atoms with van der Waals surface area (Å²) in [7, 11) is -0.00437. The molecule has 0 bridgehead atoms. The van der Waals surface area contributed by atoms with Crippen LogP contribution in [0.3, 0.4) is 0 Å². The molecule has 1 aromatic heterocycles. The predicted molar refractivity (Wildman–Crippen MR) is 120 cm³/mol. The van der Waals surface area contributed by atoms with Crippen LogP contribution in [-0.4, -0.2) is 51.1 Å². The Morgan fingerprint density at radius 2 is 1.56 bits per heavy atom. The van der Waals surface area contributed by atoms with E-state index in [9.17, 15) is 13.2 Å². The molecule has 1 amide bonds. The molecule has 1 unspecified atom stereocenters. The molecule has 0 saturated carbocycles. The van der Waals surface area contributed by atoms with Crippen molar-refractivity contribution in [1.29, 1.82) is 0 Å². The average Bonchev–Trinajstić information content (AvgIpc) is 2.77. The number of aromatic nitrogens is 2. The van der Waals surface area contributed by atoms with Gasteiger partial charge in [-0.2, -0.15) is 0 Å². The minimum Gasteiger partial charge on any atom is -0.497 e. The van der Waals surface area contributed by atoms with E-state index in [1.165, 1.54) is 21.3 Å². The van der Waals surface area contributed by atoms with Crippen molar-refractivity contribution in [3.63, 3.8) is 0 Å². The summed E-state index contributed by atoms with van der Waals surface area (Å²) in [5, 5.41) is 3.04. The molecule has 1 atom stereocenters. The molecule has 12 heteroatoms. The molecule has 3 aromatic rings. The van der Waals surface area contributed by atoms with E-state index >= 15 is 0 Å². The number of carbonyl (C=O) groups excluding carboxylic acids is 1. The number of hydrogen-bond donors (Lipinski definition) is 3. The van der Waals surface area contributed by atoms with Crippen LogP contribution in [0.15, 0.2) is 42.5 Å². The number of nitrogens with two attached hydrogens (primary N) is 1. The molecule has 0 aliphatic rings. The molecule has 0 saturated heterocycles. The molecule has 0 spiro atoms. The van der Waals surface area contributed by atoms with Gasteiger partial charge in [0.2, 0.25) is 5.91 Å². The summed E-state index contributed by atoms with van der Waals surface area (Å²) in [6.07, 6.45) is -0.525. The summed E-state index contributed by atoms with van der Waals surface area (Å²) >= 11 is 0. The lowest BCUT2D eigenvalue weighted by molar-refractivity contribution is -0.119. The number of nitrogens with zero attached hydrogens (tertiary/aromatic N) is 2. The fourth-order valence-electron chi connectivity index (χ4n) is 2.86. The Labute approximate surface area is 185 Å². The van der Waals surface area contributed by atoms with Crippen molar-refractivity contribution < 1.29 is 27.4 Å². The summed E-state index contributed by atoms with van der Waals surface area (Å²) in [4.78, 5) is 20.1. The van der Waals surface area contributed by atoms with Crippen molar-refractivity contribution in [2.75, 3.05) is 31.4 Å². The molecule has 170 valence electrons. The van der Waals surface area contributed by atoms with Crippen LogP contribution >= 0.6 is 0 Å². The van der Waals surface area contributed by atoms with Gasteiger partial charge in [0.15, 0.2) is 17.1 Å². The Morgan fingerprint density at radius 3 is 2.06 bits per heavy atom. The number of nitrogens with one attached hydrogen (secondary N) is 2. The number of methoxy groups -OCH3 is 3. The molecular weight excluding hydrogens is 438 g/mol. The molecule has 3 rings (SSSR count). The van der Waals surface area contributed by atoms with E-state index in [0.29, 0.717) is 28.2 Å². The lowest BCUT2D eigenvalue weighted by Gasteiger charge is -2.18. The lowest BCUT2D eigenvalue weighted by Crippen LogP contribution is -2.34. The quantitative estimate of drug-likeness (QED) is 0.411. The maximum Gasteiger partial charge on any atom is 0.261 e. The highest BCUT2D eigenvalue weighted by Gasteiger charge is 2.29. The highest BCUT2D eigenvalue weighted by molar-refractivity contribution is 7.93. The molecular formula is C20H23N5O6S. The number of sulfonamides is 1. The number of hydrogen-bond acceptors (Lipinski definition) is 9. The number of para-hydroxylation sites is 2. The minimum absolute atomic E-state index is 0.0861.